The molecule has 0 atom stereocenters. The fourth-order valence-corrected chi connectivity index (χ4v) is 3.85. The zero-order valence-corrected chi connectivity index (χ0v) is 21.3. The molecule has 0 unspecified atom stereocenters. The third kappa shape index (κ3) is 6.56. The Morgan fingerprint density at radius 1 is 1.03 bits per heavy atom. The number of aromatic nitrogens is 3. The molecule has 9 heteroatoms. The second-order valence-corrected chi connectivity index (χ2v) is 8.41. The first-order valence-electron chi connectivity index (χ1n) is 12.1. The van der Waals surface area contributed by atoms with Gasteiger partial charge < -0.3 is 28.6 Å². The molecule has 4 rings (SSSR count). The predicted molar refractivity (Wildman–Crippen MR) is 137 cm³/mol. The van der Waals surface area contributed by atoms with Gasteiger partial charge in [-0.2, -0.15) is 0 Å². The first kappa shape index (κ1) is 26.0. The lowest BCUT2D eigenvalue weighted by Crippen LogP contribution is -2.07. The Morgan fingerprint density at radius 2 is 1.86 bits per heavy atom. The molecule has 0 aliphatic rings. The molecule has 0 fully saturated rings. The molecular formula is C28H31N3O6. The van der Waals surface area contributed by atoms with Crippen LogP contribution in [0.4, 0.5) is 0 Å². The van der Waals surface area contributed by atoms with Crippen molar-refractivity contribution in [2.75, 3.05) is 13.7 Å². The second-order valence-electron chi connectivity index (χ2n) is 8.41. The SMILES string of the molecule is CCOC(=O)CCc1ccc(OCc2nc3ccc(OC)cc3n2C)cc1OCc1ccc(CO)nc1. The van der Waals surface area contributed by atoms with Crippen LogP contribution in [0.1, 0.15) is 36.0 Å². The van der Waals surface area contributed by atoms with Gasteiger partial charge in [-0.25, -0.2) is 4.98 Å². The van der Waals surface area contributed by atoms with Crippen molar-refractivity contribution in [3.63, 3.8) is 0 Å². The minimum absolute atomic E-state index is 0.113. The number of nitrogens with zero attached hydrogens (tertiary/aromatic N) is 3. The summed E-state index contributed by atoms with van der Waals surface area (Å²) in [5.41, 5.74) is 4.14. The Bertz CT molecular complexity index is 1350. The van der Waals surface area contributed by atoms with E-state index >= 15 is 0 Å². The van der Waals surface area contributed by atoms with E-state index in [1.807, 2.05) is 54.1 Å². The van der Waals surface area contributed by atoms with E-state index in [9.17, 15) is 9.90 Å². The highest BCUT2D eigenvalue weighted by molar-refractivity contribution is 5.77. The number of hydrogen-bond acceptors (Lipinski definition) is 8. The van der Waals surface area contributed by atoms with E-state index in [0.717, 1.165) is 33.7 Å². The summed E-state index contributed by atoms with van der Waals surface area (Å²) >= 11 is 0. The molecule has 2 heterocycles. The molecule has 0 aliphatic heterocycles. The van der Waals surface area contributed by atoms with E-state index in [1.54, 1.807) is 26.3 Å². The number of methoxy groups -OCH3 is 1. The molecule has 0 bridgehead atoms. The summed E-state index contributed by atoms with van der Waals surface area (Å²) in [6.45, 7) is 2.57. The van der Waals surface area contributed by atoms with Gasteiger partial charge >= 0.3 is 5.97 Å². The van der Waals surface area contributed by atoms with Crippen LogP contribution < -0.4 is 14.2 Å². The van der Waals surface area contributed by atoms with Gasteiger partial charge in [-0.15, -0.1) is 0 Å². The molecule has 0 saturated carbocycles. The number of ether oxygens (including phenoxy) is 4. The van der Waals surface area contributed by atoms with Crippen molar-refractivity contribution in [1.82, 2.24) is 14.5 Å². The average Bonchev–Trinajstić information content (AvgIpc) is 3.24. The molecule has 0 saturated heterocycles. The van der Waals surface area contributed by atoms with Crippen LogP contribution >= 0.6 is 0 Å². The maximum absolute atomic E-state index is 11.9. The van der Waals surface area contributed by atoms with Gasteiger partial charge in [0, 0.05) is 37.4 Å². The summed E-state index contributed by atoms with van der Waals surface area (Å²) < 4.78 is 24.6. The van der Waals surface area contributed by atoms with Gasteiger partial charge in [0.15, 0.2) is 0 Å². The zero-order chi connectivity index (χ0) is 26.2. The third-order valence-electron chi connectivity index (χ3n) is 5.93. The fourth-order valence-electron chi connectivity index (χ4n) is 3.85. The van der Waals surface area contributed by atoms with E-state index in [-0.39, 0.29) is 32.2 Å². The maximum atomic E-state index is 11.9. The highest BCUT2D eigenvalue weighted by atomic mass is 16.5. The Kier molecular flexibility index (Phi) is 8.58. The monoisotopic (exact) mass is 505 g/mol. The normalized spacial score (nSPS) is 10.9. The molecule has 2 aromatic heterocycles. The van der Waals surface area contributed by atoms with Gasteiger partial charge in [0.05, 0.1) is 37.1 Å². The summed E-state index contributed by atoms with van der Waals surface area (Å²) in [6, 6.07) is 14.9. The van der Waals surface area contributed by atoms with Crippen molar-refractivity contribution in [2.24, 2.45) is 7.05 Å². The van der Waals surface area contributed by atoms with Crippen molar-refractivity contribution in [2.45, 2.75) is 39.6 Å². The number of aliphatic hydroxyl groups excluding tert-OH is 1. The summed E-state index contributed by atoms with van der Waals surface area (Å²) in [6.07, 6.45) is 2.40. The third-order valence-corrected chi connectivity index (χ3v) is 5.93. The van der Waals surface area contributed by atoms with E-state index < -0.39 is 0 Å². The lowest BCUT2D eigenvalue weighted by atomic mass is 10.1. The molecule has 0 amide bonds. The quantitative estimate of drug-likeness (QED) is 0.287. The number of hydrogen-bond donors (Lipinski definition) is 1. The van der Waals surface area contributed by atoms with E-state index in [4.69, 9.17) is 18.9 Å². The number of rotatable bonds is 12. The molecule has 2 aromatic carbocycles. The largest absolute Gasteiger partial charge is 0.497 e. The Morgan fingerprint density at radius 3 is 2.59 bits per heavy atom. The molecular weight excluding hydrogens is 474 g/mol. The van der Waals surface area contributed by atoms with Gasteiger partial charge in [0.1, 0.15) is 36.3 Å². The molecule has 0 radical (unpaired) electrons. The van der Waals surface area contributed by atoms with Crippen LogP contribution in [-0.4, -0.2) is 39.3 Å². The van der Waals surface area contributed by atoms with E-state index in [2.05, 4.69) is 9.97 Å². The smallest absolute Gasteiger partial charge is 0.306 e. The van der Waals surface area contributed by atoms with Gasteiger partial charge in [0.2, 0.25) is 0 Å². The summed E-state index contributed by atoms with van der Waals surface area (Å²) in [4.78, 5) is 20.8. The summed E-state index contributed by atoms with van der Waals surface area (Å²) in [7, 11) is 3.58. The number of imidazole rings is 1. The standard InChI is InChI=1S/C28H31N3O6/c1-4-35-28(33)12-7-20-6-9-23(14-26(20)37-17-19-5-8-21(16-32)29-15-19)36-18-27-30-24-11-10-22(34-3)13-25(24)31(27)2/h5-6,8-11,13-15,32H,4,7,12,16-18H2,1-3H3. The number of benzene rings is 2. The molecule has 4 aromatic rings. The van der Waals surface area contributed by atoms with Crippen molar-refractivity contribution in [3.05, 3.63) is 77.4 Å². The topological polar surface area (TPSA) is 105 Å². The van der Waals surface area contributed by atoms with E-state index in [1.165, 1.54) is 0 Å². The zero-order valence-electron chi connectivity index (χ0n) is 21.3. The first-order valence-corrected chi connectivity index (χ1v) is 12.1. The first-order chi connectivity index (χ1) is 18.0. The van der Waals surface area contributed by atoms with Gasteiger partial charge in [-0.05, 0) is 43.2 Å². The molecule has 9 nitrogen and oxygen atoms in total. The summed E-state index contributed by atoms with van der Waals surface area (Å²) in [5, 5.41) is 9.20. The van der Waals surface area contributed by atoms with Crippen molar-refractivity contribution < 1.29 is 28.8 Å². The van der Waals surface area contributed by atoms with Crippen LogP contribution in [0.15, 0.2) is 54.7 Å². The van der Waals surface area contributed by atoms with Crippen molar-refractivity contribution >= 4 is 17.0 Å². The van der Waals surface area contributed by atoms with Crippen LogP contribution in [-0.2, 0) is 42.8 Å². The highest BCUT2D eigenvalue weighted by Crippen LogP contribution is 2.28. The molecule has 37 heavy (non-hydrogen) atoms. The van der Waals surface area contributed by atoms with Crippen molar-refractivity contribution in [1.29, 1.82) is 0 Å². The molecule has 1 N–H and O–H groups in total. The van der Waals surface area contributed by atoms with Gasteiger partial charge in [-0.1, -0.05) is 12.1 Å². The number of esters is 1. The van der Waals surface area contributed by atoms with Crippen LogP contribution in [0.5, 0.6) is 17.2 Å². The molecule has 194 valence electrons. The molecule has 0 spiro atoms. The van der Waals surface area contributed by atoms with Crippen LogP contribution in [0.2, 0.25) is 0 Å². The maximum Gasteiger partial charge on any atom is 0.306 e. The number of aliphatic hydroxyl groups is 1. The number of carbonyl (C=O) groups excluding carboxylic acids is 1. The lowest BCUT2D eigenvalue weighted by Gasteiger charge is -2.14. The number of pyridine rings is 1. The minimum Gasteiger partial charge on any atom is -0.497 e. The Hall–Kier alpha value is -4.11. The fraction of sp³-hybridized carbons (Fsp3) is 0.321. The predicted octanol–water partition coefficient (Wildman–Crippen LogP) is 4.12. The highest BCUT2D eigenvalue weighted by Gasteiger charge is 2.13. The van der Waals surface area contributed by atoms with Crippen LogP contribution in [0.3, 0.4) is 0 Å². The number of aryl methyl sites for hydroxylation is 2. The Labute approximate surface area is 215 Å². The lowest BCUT2D eigenvalue weighted by molar-refractivity contribution is -0.143. The van der Waals surface area contributed by atoms with Crippen LogP contribution in [0, 0.1) is 0 Å². The second kappa shape index (κ2) is 12.2. The number of fused-ring (bicyclic) bond motifs is 1. The minimum atomic E-state index is -0.254. The van der Waals surface area contributed by atoms with Gasteiger partial charge in [-0.3, -0.25) is 9.78 Å². The molecule has 0 aliphatic carbocycles. The van der Waals surface area contributed by atoms with Gasteiger partial charge in [0.25, 0.3) is 0 Å². The number of carbonyl (C=O) groups is 1. The average molecular weight is 506 g/mol. The van der Waals surface area contributed by atoms with E-state index in [0.29, 0.717) is 30.2 Å². The summed E-state index contributed by atoms with van der Waals surface area (Å²) in [5.74, 6) is 2.52. The van der Waals surface area contributed by atoms with Crippen molar-refractivity contribution in [3.8, 4) is 17.2 Å². The van der Waals surface area contributed by atoms with Crippen LogP contribution in [0.25, 0.3) is 11.0 Å². The Balaban J connectivity index is 1.50.